The average Bonchev–Trinajstić information content (AvgIpc) is 3.27. The van der Waals surface area contributed by atoms with Crippen molar-refractivity contribution in [3.05, 3.63) is 211 Å². The molecular weight excluding hydrogens is 661 g/mol. The number of nitrogens with one attached hydrogen (secondary N) is 1. The summed E-state index contributed by atoms with van der Waals surface area (Å²) in [5.74, 6) is 1.48. The monoisotopic (exact) mass is 694 g/mol. The Hall–Kier alpha value is -7.31. The second-order valence-electron chi connectivity index (χ2n) is 13.0. The highest BCUT2D eigenvalue weighted by Crippen LogP contribution is 2.37. The zero-order valence-electron chi connectivity index (χ0n) is 29.3. The van der Waals surface area contributed by atoms with E-state index in [1.54, 1.807) is 6.20 Å². The fourth-order valence-electron chi connectivity index (χ4n) is 6.86. The molecule has 1 aliphatic rings. The Morgan fingerprint density at radius 2 is 1.02 bits per heavy atom. The molecule has 1 unspecified atom stereocenters. The predicted octanol–water partition coefficient (Wildman–Crippen LogP) is 10.7. The Labute approximate surface area is 314 Å². The van der Waals surface area contributed by atoms with Crippen molar-refractivity contribution in [1.82, 2.24) is 20.3 Å². The van der Waals surface area contributed by atoms with Gasteiger partial charge in [-0.05, 0) is 64.2 Å². The SMILES string of the molecule is c1ccc(C2=NC(c3ccccc3-c3cccc(-c4cccnc4-c4cc(-c5ccccc5)cc(-c5ccccn5)n4)c3)NC(c3ccccc3)=N2)cc1. The number of hydrogen-bond donors (Lipinski definition) is 1. The van der Waals surface area contributed by atoms with Crippen molar-refractivity contribution in [2.75, 3.05) is 0 Å². The van der Waals surface area contributed by atoms with Gasteiger partial charge < -0.3 is 5.32 Å². The molecule has 0 fully saturated rings. The van der Waals surface area contributed by atoms with E-state index in [0.717, 1.165) is 78.7 Å². The predicted molar refractivity (Wildman–Crippen MR) is 219 cm³/mol. The Morgan fingerprint density at radius 3 is 1.78 bits per heavy atom. The number of aromatic nitrogens is 3. The molecule has 3 aromatic heterocycles. The lowest BCUT2D eigenvalue weighted by Gasteiger charge is -2.25. The van der Waals surface area contributed by atoms with E-state index in [2.05, 4.69) is 126 Å². The van der Waals surface area contributed by atoms with Gasteiger partial charge >= 0.3 is 0 Å². The summed E-state index contributed by atoms with van der Waals surface area (Å²) in [7, 11) is 0. The van der Waals surface area contributed by atoms with Crippen LogP contribution >= 0.6 is 0 Å². The zero-order chi connectivity index (χ0) is 36.1. The fraction of sp³-hybridized carbons (Fsp3) is 0.0208. The molecule has 5 aromatic carbocycles. The normalized spacial score (nSPS) is 13.7. The quantitative estimate of drug-likeness (QED) is 0.172. The van der Waals surface area contributed by atoms with Gasteiger partial charge in [-0.3, -0.25) is 9.97 Å². The lowest BCUT2D eigenvalue weighted by Crippen LogP contribution is -2.33. The van der Waals surface area contributed by atoms with Crippen LogP contribution in [0.2, 0.25) is 0 Å². The molecule has 6 nitrogen and oxygen atoms in total. The molecule has 1 atom stereocenters. The minimum absolute atomic E-state index is 0.364. The first-order valence-corrected chi connectivity index (χ1v) is 17.9. The summed E-state index contributed by atoms with van der Waals surface area (Å²) in [5.41, 5.74) is 12.5. The van der Waals surface area contributed by atoms with Gasteiger partial charge in [0.15, 0.2) is 5.84 Å². The van der Waals surface area contributed by atoms with Crippen LogP contribution in [-0.4, -0.2) is 26.6 Å². The first-order valence-electron chi connectivity index (χ1n) is 17.9. The summed E-state index contributed by atoms with van der Waals surface area (Å²) in [5, 5.41) is 3.65. The fourth-order valence-corrected chi connectivity index (χ4v) is 6.86. The van der Waals surface area contributed by atoms with Crippen molar-refractivity contribution in [1.29, 1.82) is 0 Å². The van der Waals surface area contributed by atoms with Crippen molar-refractivity contribution in [3.63, 3.8) is 0 Å². The Bertz CT molecular complexity index is 2560. The average molecular weight is 695 g/mol. The molecule has 256 valence electrons. The van der Waals surface area contributed by atoms with Crippen LogP contribution in [0.25, 0.3) is 56.2 Å². The lowest BCUT2D eigenvalue weighted by molar-refractivity contribution is 0.676. The largest absolute Gasteiger partial charge is 0.344 e. The van der Waals surface area contributed by atoms with Gasteiger partial charge in [0.1, 0.15) is 12.0 Å². The molecule has 0 aliphatic carbocycles. The summed E-state index contributed by atoms with van der Waals surface area (Å²) >= 11 is 0. The van der Waals surface area contributed by atoms with Gasteiger partial charge in [0, 0.05) is 34.6 Å². The van der Waals surface area contributed by atoms with E-state index in [1.165, 1.54) is 0 Å². The van der Waals surface area contributed by atoms with Gasteiger partial charge in [-0.25, -0.2) is 15.0 Å². The summed E-state index contributed by atoms with van der Waals surface area (Å²) < 4.78 is 0. The van der Waals surface area contributed by atoms with Gasteiger partial charge in [-0.15, -0.1) is 0 Å². The van der Waals surface area contributed by atoms with E-state index >= 15 is 0 Å². The van der Waals surface area contributed by atoms with E-state index in [-0.39, 0.29) is 6.17 Å². The van der Waals surface area contributed by atoms with Crippen LogP contribution in [-0.2, 0) is 0 Å². The van der Waals surface area contributed by atoms with Gasteiger partial charge in [0.2, 0.25) is 0 Å². The van der Waals surface area contributed by atoms with E-state index in [0.29, 0.717) is 5.84 Å². The maximum Gasteiger partial charge on any atom is 0.159 e. The second kappa shape index (κ2) is 14.7. The van der Waals surface area contributed by atoms with Crippen molar-refractivity contribution < 1.29 is 0 Å². The number of nitrogens with zero attached hydrogens (tertiary/aromatic N) is 5. The van der Waals surface area contributed by atoms with Gasteiger partial charge in [-0.1, -0.05) is 146 Å². The van der Waals surface area contributed by atoms with Gasteiger partial charge in [0.05, 0.1) is 22.8 Å². The standard InChI is InChI=1S/C48H34N6/c1-4-16-33(17-5-1)38-31-43(42-27-12-13-28-49-42)51-44(32-38)45-40(26-15-29-50-45)37-23-14-22-36(30-37)39-24-10-11-25-41(39)48-53-46(34-18-6-2-7-19-34)52-47(54-48)35-20-8-3-9-21-35/h1-32,48H,(H,52,53,54). The highest BCUT2D eigenvalue weighted by atomic mass is 15.2. The molecule has 0 bridgehead atoms. The molecule has 0 spiro atoms. The number of aliphatic imine (C=N–C) groups is 2. The maximum absolute atomic E-state index is 5.18. The first-order chi connectivity index (χ1) is 26.8. The number of rotatable bonds is 8. The molecule has 1 N–H and O–H groups in total. The van der Waals surface area contributed by atoms with Crippen LogP contribution in [0.3, 0.4) is 0 Å². The topological polar surface area (TPSA) is 75.4 Å². The van der Waals surface area contributed by atoms with Gasteiger partial charge in [0.25, 0.3) is 0 Å². The van der Waals surface area contributed by atoms with Crippen molar-refractivity contribution >= 4 is 11.7 Å². The number of benzene rings is 5. The van der Waals surface area contributed by atoms with Crippen molar-refractivity contribution in [3.8, 4) is 56.2 Å². The molecule has 0 saturated carbocycles. The minimum atomic E-state index is -0.364. The summed E-state index contributed by atoms with van der Waals surface area (Å²) in [6, 6.07) is 62.0. The van der Waals surface area contributed by atoms with Crippen LogP contribution in [0.4, 0.5) is 0 Å². The van der Waals surface area contributed by atoms with E-state index in [1.807, 2.05) is 72.9 Å². The van der Waals surface area contributed by atoms with Crippen LogP contribution in [0.5, 0.6) is 0 Å². The molecule has 9 rings (SSSR count). The maximum atomic E-state index is 5.18. The van der Waals surface area contributed by atoms with Crippen LogP contribution in [0.15, 0.2) is 204 Å². The van der Waals surface area contributed by atoms with E-state index in [9.17, 15) is 0 Å². The highest BCUT2D eigenvalue weighted by molar-refractivity contribution is 6.13. The molecule has 0 radical (unpaired) electrons. The van der Waals surface area contributed by atoms with Crippen LogP contribution in [0.1, 0.15) is 22.9 Å². The van der Waals surface area contributed by atoms with Gasteiger partial charge in [-0.2, -0.15) is 0 Å². The molecule has 4 heterocycles. The summed E-state index contributed by atoms with van der Waals surface area (Å²) in [6.07, 6.45) is 3.27. The van der Waals surface area contributed by atoms with Crippen LogP contribution < -0.4 is 5.32 Å². The molecular formula is C48H34N6. The lowest BCUT2D eigenvalue weighted by atomic mass is 9.93. The molecule has 0 amide bonds. The minimum Gasteiger partial charge on any atom is -0.344 e. The van der Waals surface area contributed by atoms with E-state index < -0.39 is 0 Å². The first kappa shape index (κ1) is 32.6. The molecule has 6 heteroatoms. The number of pyridine rings is 3. The molecule has 54 heavy (non-hydrogen) atoms. The molecule has 1 aliphatic heterocycles. The summed E-state index contributed by atoms with van der Waals surface area (Å²) in [6.45, 7) is 0. The van der Waals surface area contributed by atoms with Crippen LogP contribution in [0, 0.1) is 0 Å². The third-order valence-corrected chi connectivity index (χ3v) is 9.47. The molecule has 0 saturated heterocycles. The summed E-state index contributed by atoms with van der Waals surface area (Å²) in [4.78, 5) is 24.9. The van der Waals surface area contributed by atoms with Crippen molar-refractivity contribution in [2.45, 2.75) is 6.17 Å². The third kappa shape index (κ3) is 6.72. The Balaban J connectivity index is 1.13. The second-order valence-corrected chi connectivity index (χ2v) is 13.0. The van der Waals surface area contributed by atoms with E-state index in [4.69, 9.17) is 20.0 Å². The highest BCUT2D eigenvalue weighted by Gasteiger charge is 2.24. The number of hydrogen-bond acceptors (Lipinski definition) is 6. The number of amidine groups is 2. The smallest absolute Gasteiger partial charge is 0.159 e. The third-order valence-electron chi connectivity index (χ3n) is 9.47. The Kier molecular flexibility index (Phi) is 8.89. The molecule has 8 aromatic rings. The Morgan fingerprint density at radius 1 is 0.407 bits per heavy atom. The zero-order valence-corrected chi connectivity index (χ0v) is 29.3. The van der Waals surface area contributed by atoms with Crippen molar-refractivity contribution in [2.24, 2.45) is 9.98 Å².